The molecule has 4 aliphatic rings. The van der Waals surface area contributed by atoms with Gasteiger partial charge in [0.1, 0.15) is 36.2 Å². The minimum Gasteiger partial charge on any atom is -0.462 e. The molecule has 0 aromatic carbocycles. The number of cyclic esters (lactones) is 1. The van der Waals surface area contributed by atoms with Crippen molar-refractivity contribution in [2.24, 2.45) is 35.5 Å². The van der Waals surface area contributed by atoms with Crippen molar-refractivity contribution in [3.63, 3.8) is 0 Å². The quantitative estimate of drug-likeness (QED) is 0.118. The molecule has 1 amide bonds. The van der Waals surface area contributed by atoms with Gasteiger partial charge >= 0.3 is 5.97 Å². The zero-order valence-corrected chi connectivity index (χ0v) is 41.6. The minimum atomic E-state index is -2.44. The van der Waals surface area contributed by atoms with E-state index >= 15 is 0 Å². The maximum Gasteiger partial charge on any atom is 0.329 e. The Morgan fingerprint density at radius 2 is 1.60 bits per heavy atom. The average Bonchev–Trinajstić information content (AvgIpc) is 3.30. The third-order valence-electron chi connectivity index (χ3n) is 14.7. The molecule has 3 fully saturated rings. The Labute approximate surface area is 398 Å². The molecular formula is C52H79NO14. The molecule has 0 aromatic rings. The lowest BCUT2D eigenvalue weighted by molar-refractivity contribution is -0.265. The van der Waals surface area contributed by atoms with E-state index in [4.69, 9.17) is 28.4 Å². The Bertz CT molecular complexity index is 1820. The van der Waals surface area contributed by atoms with E-state index in [-0.39, 0.29) is 60.9 Å². The normalized spacial score (nSPS) is 39.4. The summed E-state index contributed by atoms with van der Waals surface area (Å²) < 4.78 is 34.8. The molecule has 67 heavy (non-hydrogen) atoms. The number of allylic oxidation sites excluding steroid dienone is 6. The van der Waals surface area contributed by atoms with Crippen LogP contribution in [0.3, 0.4) is 0 Å². The summed E-state index contributed by atoms with van der Waals surface area (Å²) in [4.78, 5) is 83.1. The highest BCUT2D eigenvalue weighted by Crippen LogP contribution is 2.38. The van der Waals surface area contributed by atoms with Gasteiger partial charge in [0.25, 0.3) is 18.2 Å². The Kier molecular flexibility index (Phi) is 21.8. The zero-order valence-electron chi connectivity index (χ0n) is 41.6. The molecule has 15 atom stereocenters. The lowest BCUT2D eigenvalue weighted by Gasteiger charge is -2.42. The van der Waals surface area contributed by atoms with Crippen LogP contribution in [0.25, 0.3) is 0 Å². The monoisotopic (exact) mass is 942 g/mol. The number of hydrogen-bond acceptors (Lipinski definition) is 14. The Balaban J connectivity index is 1.70. The van der Waals surface area contributed by atoms with E-state index in [0.29, 0.717) is 76.3 Å². The summed E-state index contributed by atoms with van der Waals surface area (Å²) in [6.45, 7) is 13.1. The van der Waals surface area contributed by atoms with Crippen molar-refractivity contribution in [2.45, 2.75) is 180 Å². The number of carbonyl (C=O) groups is 6. The Morgan fingerprint density at radius 1 is 0.866 bits per heavy atom. The zero-order chi connectivity index (χ0) is 49.6. The average molecular weight is 942 g/mol. The lowest BCUT2D eigenvalue weighted by Crippen LogP contribution is -2.61. The molecule has 0 aromatic heterocycles. The molecule has 2 N–H and O–H groups in total. The van der Waals surface area contributed by atoms with Crippen LogP contribution < -0.4 is 0 Å². The van der Waals surface area contributed by atoms with Crippen LogP contribution in [0.4, 0.5) is 0 Å². The maximum atomic E-state index is 14.4. The van der Waals surface area contributed by atoms with Gasteiger partial charge in [-0.05, 0) is 107 Å². The molecule has 4 rings (SSSR count). The molecule has 0 spiro atoms. The van der Waals surface area contributed by atoms with Crippen molar-refractivity contribution in [3.8, 4) is 0 Å². The highest BCUT2D eigenvalue weighted by molar-refractivity contribution is 6.39. The van der Waals surface area contributed by atoms with Gasteiger partial charge in [0.15, 0.2) is 5.78 Å². The second-order valence-electron chi connectivity index (χ2n) is 19.8. The van der Waals surface area contributed by atoms with Gasteiger partial charge in [-0.1, -0.05) is 71.1 Å². The van der Waals surface area contributed by atoms with Gasteiger partial charge in [-0.25, -0.2) is 4.79 Å². The fraction of sp³-hybridized carbons (Fsp3) is 0.731. The second-order valence-corrected chi connectivity index (χ2v) is 19.8. The van der Waals surface area contributed by atoms with Crippen molar-refractivity contribution in [2.75, 3.05) is 27.9 Å². The van der Waals surface area contributed by atoms with Crippen LogP contribution in [-0.2, 0) is 57.2 Å². The molecular weight excluding hydrogens is 863 g/mol. The van der Waals surface area contributed by atoms with Gasteiger partial charge in [-0.2, -0.15) is 0 Å². The van der Waals surface area contributed by atoms with Crippen molar-refractivity contribution in [3.05, 3.63) is 47.6 Å². The first-order chi connectivity index (χ1) is 31.8. The van der Waals surface area contributed by atoms with Gasteiger partial charge < -0.3 is 43.5 Å². The topological polar surface area (TPSA) is 201 Å². The van der Waals surface area contributed by atoms with E-state index in [1.54, 1.807) is 41.1 Å². The molecule has 3 heterocycles. The van der Waals surface area contributed by atoms with Gasteiger partial charge in [-0.15, -0.1) is 0 Å². The molecule has 1 saturated carbocycles. The molecule has 1 aliphatic carbocycles. The first kappa shape index (κ1) is 55.7. The van der Waals surface area contributed by atoms with E-state index in [1.807, 2.05) is 58.1 Å². The molecule has 15 nitrogen and oxygen atoms in total. The van der Waals surface area contributed by atoms with Gasteiger partial charge in [0.05, 0.1) is 18.3 Å². The molecule has 1 unspecified atom stereocenters. The van der Waals surface area contributed by atoms with Crippen LogP contribution in [-0.4, -0.2) is 133 Å². The number of carbonyl (C=O) groups excluding carboxylic acids is 6. The maximum absolute atomic E-state index is 14.4. The van der Waals surface area contributed by atoms with Gasteiger partial charge in [0.2, 0.25) is 5.79 Å². The van der Waals surface area contributed by atoms with E-state index in [2.05, 4.69) is 0 Å². The summed E-state index contributed by atoms with van der Waals surface area (Å²) in [6.07, 6.45) is 11.2. The first-order valence-electron chi connectivity index (χ1n) is 24.4. The molecule has 15 heteroatoms. The molecule has 2 saturated heterocycles. The van der Waals surface area contributed by atoms with Crippen molar-refractivity contribution < 1.29 is 67.4 Å². The highest BCUT2D eigenvalue weighted by Gasteiger charge is 2.53. The number of ketones is 3. The number of methoxy groups -OCH3 is 3. The number of hydrogen-bond donors (Lipinski definition) is 2. The lowest BCUT2D eigenvalue weighted by atomic mass is 9.78. The van der Waals surface area contributed by atoms with Crippen molar-refractivity contribution in [1.29, 1.82) is 0 Å². The summed E-state index contributed by atoms with van der Waals surface area (Å²) in [5.74, 6) is -8.14. The minimum absolute atomic E-state index is 0.0117. The van der Waals surface area contributed by atoms with Crippen LogP contribution >= 0.6 is 0 Å². The van der Waals surface area contributed by atoms with E-state index in [9.17, 15) is 39.0 Å². The second kappa shape index (κ2) is 26.2. The molecule has 376 valence electrons. The van der Waals surface area contributed by atoms with E-state index in [0.717, 1.165) is 5.57 Å². The number of ether oxygens (including phenoxy) is 6. The number of nitrogens with zero attached hydrogens (tertiary/aromatic N) is 1. The van der Waals surface area contributed by atoms with Crippen molar-refractivity contribution >= 4 is 35.7 Å². The van der Waals surface area contributed by atoms with E-state index < -0.39 is 77.8 Å². The largest absolute Gasteiger partial charge is 0.462 e. The number of aliphatic hydroxyl groups is 2. The van der Waals surface area contributed by atoms with Crippen LogP contribution in [0.1, 0.15) is 126 Å². The number of rotatable bonds is 8. The van der Waals surface area contributed by atoms with Gasteiger partial charge in [0, 0.05) is 58.5 Å². The molecule has 0 radical (unpaired) electrons. The smallest absolute Gasteiger partial charge is 0.329 e. The van der Waals surface area contributed by atoms with Gasteiger partial charge in [-0.3, -0.25) is 24.0 Å². The highest BCUT2D eigenvalue weighted by atomic mass is 16.6. The standard InChI is InChI=1S/C52H79NO14/c1-31-16-12-11-13-17-32(2)43(62-8)28-39-21-19-37(7)52(61,67-39)49(58)50(59)53-23-15-14-18-40(53)51(60)66-44(34(4)26-38-20-22-42(65-30-54)45(27-38)63-9)29-41(55)33(3)25-36(6)47(57)48(64-10)46(56)35(5)24-31/h11-13,16-17,25,30-31,33-35,37-40,42-45,47-48,57,61H,14-15,18-24,26-29H2,1-10H3/b13-11+,16-12+,32-17+,36-25+/t31-,33-,34-,35-,37-,38?,39+,40+,42-,43+,44+,45-,47-,48+,52-/m1/s1. The van der Waals surface area contributed by atoms with Crippen LogP contribution in [0.2, 0.25) is 0 Å². The summed E-state index contributed by atoms with van der Waals surface area (Å²) in [5.41, 5.74) is 1.25. The Morgan fingerprint density at radius 3 is 2.27 bits per heavy atom. The third-order valence-corrected chi connectivity index (χ3v) is 14.7. The number of fused-ring (bicyclic) bond motifs is 3. The summed E-state index contributed by atoms with van der Waals surface area (Å²) in [6, 6.07) is -1.16. The van der Waals surface area contributed by atoms with Crippen molar-refractivity contribution in [1.82, 2.24) is 4.90 Å². The predicted octanol–water partition coefficient (Wildman–Crippen LogP) is 6.36. The predicted molar refractivity (Wildman–Crippen MR) is 250 cm³/mol. The van der Waals surface area contributed by atoms with Crippen LogP contribution in [0.5, 0.6) is 0 Å². The summed E-state index contributed by atoms with van der Waals surface area (Å²) in [7, 11) is 4.51. The number of esters is 1. The third kappa shape index (κ3) is 14.8. The number of Topliss-reactive ketones (excluding diaryl/α,β-unsaturated/α-hetero) is 3. The molecule has 3 aliphatic heterocycles. The number of amides is 1. The summed E-state index contributed by atoms with van der Waals surface area (Å²) >= 11 is 0. The number of aliphatic hydroxyl groups excluding tert-OH is 1. The van der Waals surface area contributed by atoms with Crippen LogP contribution in [0, 0.1) is 35.5 Å². The molecule has 2 bridgehead atoms. The fourth-order valence-electron chi connectivity index (χ4n) is 10.3. The Hall–Kier alpha value is -3.86. The summed E-state index contributed by atoms with van der Waals surface area (Å²) in [5, 5.41) is 23.4. The number of piperidine rings is 1. The first-order valence-corrected chi connectivity index (χ1v) is 24.4. The van der Waals surface area contributed by atoms with Crippen LogP contribution in [0.15, 0.2) is 47.6 Å². The SMILES string of the molecule is CO[C@H]1C[C@@H]2CC[C@@H](C)[C@@](O)(O2)C(=O)C(=O)N2CCCC[C@H]2C(=O)O[C@H]([C@H](C)CC2CC[C@@H](OC=O)[C@H](OC)C2)CC(=O)[C@H](C)/C=C(\C)[C@@H](O)[C@@H](OC)C(=O)[C@H](C)C[C@H](C)/C=C/C=C/C=C/1C. The fourth-order valence-corrected chi connectivity index (χ4v) is 10.3. The van der Waals surface area contributed by atoms with E-state index in [1.165, 1.54) is 12.0 Å².